The van der Waals surface area contributed by atoms with Crippen LogP contribution in [0.4, 0.5) is 0 Å². The van der Waals surface area contributed by atoms with Crippen LogP contribution in [-0.4, -0.2) is 17.1 Å². The molecule has 0 aliphatic rings. The number of nitrogens with two attached hydrogens (primary N) is 1. The second-order valence-electron chi connectivity index (χ2n) is 3.35. The van der Waals surface area contributed by atoms with Crippen LogP contribution >= 0.6 is 0 Å². The molecule has 82 valence electrons. The zero-order valence-electron chi connectivity index (χ0n) is 8.97. The van der Waals surface area contributed by atoms with Gasteiger partial charge in [0, 0.05) is 5.56 Å². The van der Waals surface area contributed by atoms with Crippen LogP contribution in [0.1, 0.15) is 25.8 Å². The number of hydrogen-bond donors (Lipinski definition) is 2. The summed E-state index contributed by atoms with van der Waals surface area (Å²) in [6.45, 7) is 4.05. The average Bonchev–Trinajstić information content (AvgIpc) is 2.28. The van der Waals surface area contributed by atoms with Gasteiger partial charge < -0.3 is 15.7 Å². The third-order valence-electron chi connectivity index (χ3n) is 2.15. The molecule has 0 saturated heterocycles. The highest BCUT2D eigenvalue weighted by molar-refractivity contribution is 5.97. The van der Waals surface area contributed by atoms with E-state index in [-0.39, 0.29) is 11.9 Å². The standard InChI is InChI=1S/C11H16N2O2/c1-3-8(2)15-10-6-4-5-9(7-10)11(12)13-14/h4-8,14H,3H2,1-2H3,(H2,12,13). The number of amidine groups is 1. The Bertz CT molecular complexity index is 350. The predicted molar refractivity (Wildman–Crippen MR) is 59.3 cm³/mol. The Morgan fingerprint density at radius 3 is 2.93 bits per heavy atom. The molecule has 0 amide bonds. The molecule has 1 aromatic carbocycles. The van der Waals surface area contributed by atoms with E-state index in [4.69, 9.17) is 15.7 Å². The van der Waals surface area contributed by atoms with E-state index in [2.05, 4.69) is 12.1 Å². The van der Waals surface area contributed by atoms with E-state index >= 15 is 0 Å². The lowest BCUT2D eigenvalue weighted by Crippen LogP contribution is -2.14. The van der Waals surface area contributed by atoms with Gasteiger partial charge in [0.2, 0.25) is 0 Å². The van der Waals surface area contributed by atoms with Gasteiger partial charge in [0.15, 0.2) is 5.84 Å². The van der Waals surface area contributed by atoms with Crippen molar-refractivity contribution in [3.05, 3.63) is 29.8 Å². The highest BCUT2D eigenvalue weighted by Gasteiger charge is 2.04. The maximum absolute atomic E-state index is 8.53. The molecule has 3 N–H and O–H groups in total. The lowest BCUT2D eigenvalue weighted by Gasteiger charge is -2.12. The summed E-state index contributed by atoms with van der Waals surface area (Å²) in [6, 6.07) is 7.17. The van der Waals surface area contributed by atoms with Crippen LogP contribution in [0.3, 0.4) is 0 Å². The molecule has 0 fully saturated rings. The third-order valence-corrected chi connectivity index (χ3v) is 2.15. The van der Waals surface area contributed by atoms with Crippen molar-refractivity contribution in [2.45, 2.75) is 26.4 Å². The van der Waals surface area contributed by atoms with Crippen molar-refractivity contribution in [2.75, 3.05) is 0 Å². The second kappa shape index (κ2) is 5.24. The van der Waals surface area contributed by atoms with Gasteiger partial charge >= 0.3 is 0 Å². The van der Waals surface area contributed by atoms with E-state index in [9.17, 15) is 0 Å². The number of oxime groups is 1. The van der Waals surface area contributed by atoms with Crippen molar-refractivity contribution in [1.29, 1.82) is 0 Å². The van der Waals surface area contributed by atoms with Crippen molar-refractivity contribution in [3.63, 3.8) is 0 Å². The minimum absolute atomic E-state index is 0.0876. The number of benzene rings is 1. The quantitative estimate of drug-likeness (QED) is 0.344. The summed E-state index contributed by atoms with van der Waals surface area (Å²) in [4.78, 5) is 0. The topological polar surface area (TPSA) is 67.8 Å². The Morgan fingerprint density at radius 1 is 1.60 bits per heavy atom. The van der Waals surface area contributed by atoms with Crippen molar-refractivity contribution in [3.8, 4) is 5.75 Å². The van der Waals surface area contributed by atoms with Crippen molar-refractivity contribution in [2.24, 2.45) is 10.9 Å². The number of ether oxygens (including phenoxy) is 1. The molecular formula is C11H16N2O2. The summed E-state index contributed by atoms with van der Waals surface area (Å²) in [6.07, 6.45) is 1.10. The van der Waals surface area contributed by atoms with Gasteiger partial charge in [-0.3, -0.25) is 0 Å². The largest absolute Gasteiger partial charge is 0.491 e. The summed E-state index contributed by atoms with van der Waals surface area (Å²) in [5, 5.41) is 11.5. The fraction of sp³-hybridized carbons (Fsp3) is 0.364. The second-order valence-corrected chi connectivity index (χ2v) is 3.35. The van der Waals surface area contributed by atoms with Gasteiger partial charge in [-0.05, 0) is 25.5 Å². The van der Waals surface area contributed by atoms with Crippen LogP contribution in [0.25, 0.3) is 0 Å². The lowest BCUT2D eigenvalue weighted by molar-refractivity contribution is 0.217. The Hall–Kier alpha value is -1.71. The smallest absolute Gasteiger partial charge is 0.170 e. The van der Waals surface area contributed by atoms with Crippen LogP contribution in [0, 0.1) is 0 Å². The van der Waals surface area contributed by atoms with Gasteiger partial charge in [0.25, 0.3) is 0 Å². The first-order valence-electron chi connectivity index (χ1n) is 4.92. The van der Waals surface area contributed by atoms with E-state index in [1.54, 1.807) is 12.1 Å². The maximum Gasteiger partial charge on any atom is 0.170 e. The molecule has 1 aromatic rings. The zero-order chi connectivity index (χ0) is 11.3. The van der Waals surface area contributed by atoms with Gasteiger partial charge in [-0.25, -0.2) is 0 Å². The molecule has 0 aliphatic carbocycles. The molecule has 0 saturated carbocycles. The van der Waals surface area contributed by atoms with Gasteiger partial charge in [-0.15, -0.1) is 0 Å². The van der Waals surface area contributed by atoms with Gasteiger partial charge in [0.1, 0.15) is 5.75 Å². The Morgan fingerprint density at radius 2 is 2.33 bits per heavy atom. The fourth-order valence-corrected chi connectivity index (χ4v) is 1.10. The summed E-state index contributed by atoms with van der Waals surface area (Å²) in [5.74, 6) is 0.818. The number of rotatable bonds is 4. The van der Waals surface area contributed by atoms with Crippen LogP contribution in [0.15, 0.2) is 29.4 Å². The molecule has 4 heteroatoms. The van der Waals surface area contributed by atoms with Gasteiger partial charge in [-0.1, -0.05) is 24.2 Å². The van der Waals surface area contributed by atoms with Crippen LogP contribution in [0.2, 0.25) is 0 Å². The monoisotopic (exact) mass is 208 g/mol. The average molecular weight is 208 g/mol. The fourth-order valence-electron chi connectivity index (χ4n) is 1.10. The maximum atomic E-state index is 8.53. The SMILES string of the molecule is CCC(C)Oc1cccc(/C(N)=N/O)c1. The normalized spacial score (nSPS) is 13.6. The summed E-state index contributed by atoms with van der Waals surface area (Å²) in [7, 11) is 0. The first-order valence-corrected chi connectivity index (χ1v) is 4.92. The van der Waals surface area contributed by atoms with Crippen LogP contribution in [0.5, 0.6) is 5.75 Å². The van der Waals surface area contributed by atoms with E-state index in [1.165, 1.54) is 0 Å². The van der Waals surface area contributed by atoms with Crippen molar-refractivity contribution in [1.82, 2.24) is 0 Å². The number of nitrogens with zero attached hydrogens (tertiary/aromatic N) is 1. The molecule has 0 heterocycles. The van der Waals surface area contributed by atoms with E-state index in [1.807, 2.05) is 19.1 Å². The first kappa shape index (κ1) is 11.4. The summed E-state index contributed by atoms with van der Waals surface area (Å²) >= 11 is 0. The molecule has 1 unspecified atom stereocenters. The Balaban J connectivity index is 2.83. The van der Waals surface area contributed by atoms with Crippen LogP contribution in [-0.2, 0) is 0 Å². The lowest BCUT2D eigenvalue weighted by atomic mass is 10.2. The Kier molecular flexibility index (Phi) is 3.97. The van der Waals surface area contributed by atoms with Crippen molar-refractivity contribution < 1.29 is 9.94 Å². The van der Waals surface area contributed by atoms with E-state index in [0.717, 1.165) is 12.2 Å². The minimum Gasteiger partial charge on any atom is -0.491 e. The molecule has 0 bridgehead atoms. The van der Waals surface area contributed by atoms with E-state index < -0.39 is 0 Å². The minimum atomic E-state index is 0.0876. The highest BCUT2D eigenvalue weighted by atomic mass is 16.5. The molecule has 0 aliphatic heterocycles. The molecule has 0 spiro atoms. The molecule has 0 radical (unpaired) electrons. The summed E-state index contributed by atoms with van der Waals surface area (Å²) in [5.41, 5.74) is 6.12. The van der Waals surface area contributed by atoms with Gasteiger partial charge in [-0.2, -0.15) is 0 Å². The molecule has 0 aromatic heterocycles. The van der Waals surface area contributed by atoms with E-state index in [0.29, 0.717) is 5.56 Å². The van der Waals surface area contributed by atoms with Crippen molar-refractivity contribution >= 4 is 5.84 Å². The third kappa shape index (κ3) is 3.16. The molecule has 15 heavy (non-hydrogen) atoms. The summed E-state index contributed by atoms with van der Waals surface area (Å²) < 4.78 is 5.61. The Labute approximate surface area is 89.4 Å². The molecular weight excluding hydrogens is 192 g/mol. The zero-order valence-corrected chi connectivity index (χ0v) is 8.97. The molecule has 1 rings (SSSR count). The highest BCUT2D eigenvalue weighted by Crippen LogP contribution is 2.15. The first-order chi connectivity index (χ1) is 7.17. The van der Waals surface area contributed by atoms with Crippen LogP contribution < -0.4 is 10.5 Å². The van der Waals surface area contributed by atoms with Gasteiger partial charge in [0.05, 0.1) is 6.10 Å². The molecule has 4 nitrogen and oxygen atoms in total. The number of hydrogen-bond acceptors (Lipinski definition) is 3. The predicted octanol–water partition coefficient (Wildman–Crippen LogP) is 1.96. The molecule has 1 atom stereocenters.